The molecule has 2 aromatic carbocycles. The smallest absolute Gasteiger partial charge is 0.262 e. The van der Waals surface area contributed by atoms with E-state index >= 15 is 0 Å². The van der Waals surface area contributed by atoms with Crippen molar-refractivity contribution in [2.24, 2.45) is 0 Å². The number of ether oxygens (including phenoxy) is 1. The standard InChI is InChI=1S/C23H23ClN2O3/c1-16(2)17-7-5-8-20(12-17)29-15-22(27)25-19-10-11-23(28)26(14-19)13-18-6-3-4-9-21(18)24/h3-12,14,16H,13,15H2,1-2H3,(H,25,27). The summed E-state index contributed by atoms with van der Waals surface area (Å²) in [5, 5.41) is 3.35. The molecule has 0 atom stereocenters. The summed E-state index contributed by atoms with van der Waals surface area (Å²) in [6.45, 7) is 4.40. The van der Waals surface area contributed by atoms with Gasteiger partial charge in [0.1, 0.15) is 5.75 Å². The first-order chi connectivity index (χ1) is 13.9. The van der Waals surface area contributed by atoms with Gasteiger partial charge in [-0.3, -0.25) is 9.59 Å². The van der Waals surface area contributed by atoms with Crippen LogP contribution in [0, 0.1) is 0 Å². The Morgan fingerprint density at radius 2 is 1.90 bits per heavy atom. The number of carbonyl (C=O) groups excluding carboxylic acids is 1. The van der Waals surface area contributed by atoms with Crippen molar-refractivity contribution < 1.29 is 9.53 Å². The molecule has 0 aliphatic rings. The van der Waals surface area contributed by atoms with Gasteiger partial charge in [0.2, 0.25) is 0 Å². The Balaban J connectivity index is 1.64. The fourth-order valence-electron chi connectivity index (χ4n) is 2.85. The number of anilines is 1. The number of halogens is 1. The van der Waals surface area contributed by atoms with E-state index < -0.39 is 0 Å². The molecular weight excluding hydrogens is 388 g/mol. The third-order valence-corrected chi connectivity index (χ3v) is 4.83. The summed E-state index contributed by atoms with van der Waals surface area (Å²) in [5.74, 6) is 0.726. The van der Waals surface area contributed by atoms with Gasteiger partial charge in [0.05, 0.1) is 12.2 Å². The summed E-state index contributed by atoms with van der Waals surface area (Å²) < 4.78 is 7.10. The Morgan fingerprint density at radius 1 is 1.10 bits per heavy atom. The van der Waals surface area contributed by atoms with Gasteiger partial charge in [0, 0.05) is 17.3 Å². The Hall–Kier alpha value is -3.05. The number of nitrogens with zero attached hydrogens (tertiary/aromatic N) is 1. The molecule has 0 unspecified atom stereocenters. The Kier molecular flexibility index (Phi) is 6.73. The maximum Gasteiger partial charge on any atom is 0.262 e. The van der Waals surface area contributed by atoms with Crippen LogP contribution in [0.1, 0.15) is 30.9 Å². The molecule has 1 heterocycles. The number of rotatable bonds is 7. The lowest BCUT2D eigenvalue weighted by Crippen LogP contribution is -2.23. The lowest BCUT2D eigenvalue weighted by molar-refractivity contribution is -0.118. The van der Waals surface area contributed by atoms with Crippen LogP contribution in [0.2, 0.25) is 5.02 Å². The summed E-state index contributed by atoms with van der Waals surface area (Å²) in [6.07, 6.45) is 1.60. The number of pyridine rings is 1. The topological polar surface area (TPSA) is 60.3 Å². The third-order valence-electron chi connectivity index (χ3n) is 4.46. The van der Waals surface area contributed by atoms with Crippen LogP contribution in [0.5, 0.6) is 5.75 Å². The van der Waals surface area contributed by atoms with Gasteiger partial charge < -0.3 is 14.6 Å². The molecular formula is C23H23ClN2O3. The first kappa shape index (κ1) is 20.7. The number of amides is 1. The minimum absolute atomic E-state index is 0.120. The molecule has 3 aromatic rings. The molecule has 3 rings (SSSR count). The number of carbonyl (C=O) groups is 1. The summed E-state index contributed by atoms with van der Waals surface area (Å²) in [5.41, 5.74) is 2.31. The van der Waals surface area contributed by atoms with Crippen LogP contribution >= 0.6 is 11.6 Å². The van der Waals surface area contributed by atoms with E-state index in [-0.39, 0.29) is 18.1 Å². The molecule has 0 aliphatic heterocycles. The fraction of sp³-hybridized carbons (Fsp3) is 0.217. The van der Waals surface area contributed by atoms with Gasteiger partial charge in [0.15, 0.2) is 6.61 Å². The SMILES string of the molecule is CC(C)c1cccc(OCC(=O)Nc2ccc(=O)n(Cc3ccccc3Cl)c2)c1. The Morgan fingerprint density at radius 3 is 2.66 bits per heavy atom. The van der Waals surface area contributed by atoms with Gasteiger partial charge in [-0.05, 0) is 41.3 Å². The van der Waals surface area contributed by atoms with E-state index in [1.165, 1.54) is 10.6 Å². The monoisotopic (exact) mass is 410 g/mol. The van der Waals surface area contributed by atoms with Crippen LogP contribution in [0.25, 0.3) is 0 Å². The van der Waals surface area contributed by atoms with Crippen molar-refractivity contribution >= 4 is 23.2 Å². The average Bonchev–Trinajstić information content (AvgIpc) is 2.71. The second kappa shape index (κ2) is 9.43. The van der Waals surface area contributed by atoms with Crippen molar-refractivity contribution in [2.75, 3.05) is 11.9 Å². The van der Waals surface area contributed by atoms with Gasteiger partial charge in [-0.2, -0.15) is 0 Å². The van der Waals surface area contributed by atoms with Crippen LogP contribution in [-0.4, -0.2) is 17.1 Å². The molecule has 0 fully saturated rings. The molecule has 5 nitrogen and oxygen atoms in total. The van der Waals surface area contributed by atoms with E-state index in [1.807, 2.05) is 42.5 Å². The minimum atomic E-state index is -0.303. The highest BCUT2D eigenvalue weighted by molar-refractivity contribution is 6.31. The van der Waals surface area contributed by atoms with Crippen LogP contribution in [0.3, 0.4) is 0 Å². The summed E-state index contributed by atoms with van der Waals surface area (Å²) in [4.78, 5) is 24.4. The zero-order valence-electron chi connectivity index (χ0n) is 16.4. The average molecular weight is 411 g/mol. The quantitative estimate of drug-likeness (QED) is 0.614. The summed E-state index contributed by atoms with van der Waals surface area (Å²) in [6, 6.07) is 18.0. The predicted molar refractivity (Wildman–Crippen MR) is 116 cm³/mol. The molecule has 0 saturated carbocycles. The fourth-order valence-corrected chi connectivity index (χ4v) is 3.04. The van der Waals surface area contributed by atoms with Crippen LogP contribution in [0.4, 0.5) is 5.69 Å². The van der Waals surface area contributed by atoms with Crippen LogP contribution in [-0.2, 0) is 11.3 Å². The number of benzene rings is 2. The molecule has 1 amide bonds. The molecule has 1 aromatic heterocycles. The van der Waals surface area contributed by atoms with Crippen molar-refractivity contribution in [3.63, 3.8) is 0 Å². The van der Waals surface area contributed by atoms with E-state index in [0.29, 0.717) is 28.9 Å². The van der Waals surface area contributed by atoms with Gasteiger partial charge in [0.25, 0.3) is 11.5 Å². The van der Waals surface area contributed by atoms with E-state index in [4.69, 9.17) is 16.3 Å². The summed E-state index contributed by atoms with van der Waals surface area (Å²) in [7, 11) is 0. The molecule has 1 N–H and O–H groups in total. The van der Waals surface area contributed by atoms with E-state index in [2.05, 4.69) is 19.2 Å². The molecule has 6 heteroatoms. The summed E-state index contributed by atoms with van der Waals surface area (Å²) >= 11 is 6.18. The highest BCUT2D eigenvalue weighted by Crippen LogP contribution is 2.20. The van der Waals surface area contributed by atoms with Gasteiger partial charge in [-0.1, -0.05) is 55.8 Å². The number of hydrogen-bond acceptors (Lipinski definition) is 3. The first-order valence-corrected chi connectivity index (χ1v) is 9.76. The second-order valence-corrected chi connectivity index (χ2v) is 7.45. The lowest BCUT2D eigenvalue weighted by Gasteiger charge is -2.12. The lowest BCUT2D eigenvalue weighted by atomic mass is 10.0. The zero-order valence-corrected chi connectivity index (χ0v) is 17.1. The van der Waals surface area contributed by atoms with Crippen molar-refractivity contribution in [3.05, 3.63) is 93.4 Å². The third kappa shape index (κ3) is 5.72. The first-order valence-electron chi connectivity index (χ1n) is 9.39. The second-order valence-electron chi connectivity index (χ2n) is 7.04. The Labute approximate surface area is 174 Å². The number of aromatic nitrogens is 1. The van der Waals surface area contributed by atoms with Gasteiger partial charge >= 0.3 is 0 Å². The molecule has 0 bridgehead atoms. The van der Waals surface area contributed by atoms with Gasteiger partial charge in [-0.25, -0.2) is 0 Å². The van der Waals surface area contributed by atoms with Gasteiger partial charge in [-0.15, -0.1) is 0 Å². The predicted octanol–water partition coefficient (Wildman–Crippen LogP) is 4.69. The van der Waals surface area contributed by atoms with E-state index in [0.717, 1.165) is 11.1 Å². The number of nitrogens with one attached hydrogen (secondary N) is 1. The molecule has 0 aliphatic carbocycles. The van der Waals surface area contributed by atoms with Crippen molar-refractivity contribution in [1.82, 2.24) is 4.57 Å². The maximum absolute atomic E-state index is 12.3. The highest BCUT2D eigenvalue weighted by atomic mass is 35.5. The van der Waals surface area contributed by atoms with Crippen molar-refractivity contribution in [3.8, 4) is 5.75 Å². The van der Waals surface area contributed by atoms with E-state index in [1.54, 1.807) is 18.3 Å². The van der Waals surface area contributed by atoms with E-state index in [9.17, 15) is 9.59 Å². The van der Waals surface area contributed by atoms with Crippen molar-refractivity contribution in [2.45, 2.75) is 26.3 Å². The molecule has 29 heavy (non-hydrogen) atoms. The largest absolute Gasteiger partial charge is 0.484 e. The highest BCUT2D eigenvalue weighted by Gasteiger charge is 2.08. The van der Waals surface area contributed by atoms with Crippen molar-refractivity contribution in [1.29, 1.82) is 0 Å². The Bertz CT molecular complexity index is 1060. The molecule has 0 spiro atoms. The normalized spacial score (nSPS) is 10.8. The zero-order chi connectivity index (χ0) is 20.8. The molecule has 0 saturated heterocycles. The maximum atomic E-state index is 12.3. The molecule has 0 radical (unpaired) electrons. The van der Waals surface area contributed by atoms with Crippen LogP contribution < -0.4 is 15.6 Å². The van der Waals surface area contributed by atoms with Crippen LogP contribution in [0.15, 0.2) is 71.7 Å². The minimum Gasteiger partial charge on any atom is -0.484 e. The molecule has 150 valence electrons. The number of hydrogen-bond donors (Lipinski definition) is 1.